The summed E-state index contributed by atoms with van der Waals surface area (Å²) in [6.45, 7) is 2.63. The van der Waals surface area contributed by atoms with Gasteiger partial charge in [0.15, 0.2) is 11.5 Å². The van der Waals surface area contributed by atoms with Crippen molar-refractivity contribution in [3.8, 4) is 11.5 Å². The number of rotatable bonds is 10. The molecule has 0 spiro atoms. The zero-order valence-corrected chi connectivity index (χ0v) is 18.0. The number of carbonyl (C=O) groups excluding carboxylic acids is 2. The van der Waals surface area contributed by atoms with Crippen molar-refractivity contribution in [3.63, 3.8) is 0 Å². The van der Waals surface area contributed by atoms with E-state index in [1.165, 1.54) is 6.21 Å². The monoisotopic (exact) mass is 461 g/mol. The minimum absolute atomic E-state index is 0.0345. The molecule has 0 fully saturated rings. The smallest absolute Gasteiger partial charge is 0.240 e. The summed E-state index contributed by atoms with van der Waals surface area (Å²) >= 11 is 3.33. The maximum absolute atomic E-state index is 11.9. The molecule has 0 saturated heterocycles. The summed E-state index contributed by atoms with van der Waals surface area (Å²) in [6, 6.07) is 12.6. The van der Waals surface area contributed by atoms with E-state index in [1.807, 2.05) is 25.1 Å². The Morgan fingerprint density at radius 1 is 1.07 bits per heavy atom. The number of hydrogen-bond acceptors (Lipinski definition) is 5. The fraction of sp³-hybridized carbons (Fsp3) is 0.286. The minimum atomic E-state index is -0.345. The third kappa shape index (κ3) is 7.95. The molecule has 2 N–H and O–H groups in total. The Bertz CT molecular complexity index is 854. The molecular weight excluding hydrogens is 438 g/mol. The van der Waals surface area contributed by atoms with E-state index in [1.54, 1.807) is 31.4 Å². The van der Waals surface area contributed by atoms with E-state index in [4.69, 9.17) is 9.47 Å². The van der Waals surface area contributed by atoms with E-state index in [0.29, 0.717) is 23.8 Å². The molecule has 0 aliphatic heterocycles. The summed E-state index contributed by atoms with van der Waals surface area (Å²) < 4.78 is 11.8. The molecule has 0 radical (unpaired) electrons. The second-order valence-corrected chi connectivity index (χ2v) is 7.02. The maximum atomic E-state index is 11.9. The van der Waals surface area contributed by atoms with Crippen molar-refractivity contribution in [2.45, 2.75) is 26.2 Å². The molecule has 2 aromatic carbocycles. The Kier molecular flexibility index (Phi) is 9.17. The van der Waals surface area contributed by atoms with Crippen LogP contribution < -0.4 is 20.2 Å². The van der Waals surface area contributed by atoms with Crippen molar-refractivity contribution in [2.24, 2.45) is 5.10 Å². The van der Waals surface area contributed by atoms with Crippen LogP contribution in [0.5, 0.6) is 11.5 Å². The number of nitrogens with zero attached hydrogens (tertiary/aromatic N) is 1. The first-order valence-corrected chi connectivity index (χ1v) is 9.99. The molecule has 154 valence electrons. The Labute approximate surface area is 178 Å². The fourth-order valence-electron chi connectivity index (χ4n) is 2.31. The highest BCUT2D eigenvalue weighted by Gasteiger charge is 2.07. The molecule has 0 unspecified atom stereocenters. The van der Waals surface area contributed by atoms with Gasteiger partial charge in [-0.15, -0.1) is 0 Å². The van der Waals surface area contributed by atoms with Crippen molar-refractivity contribution in [3.05, 3.63) is 52.5 Å². The first-order valence-electron chi connectivity index (χ1n) is 9.20. The summed E-state index contributed by atoms with van der Waals surface area (Å²) in [5.74, 6) is 0.673. The Morgan fingerprint density at radius 3 is 2.48 bits per heavy atom. The quantitative estimate of drug-likeness (QED) is 0.411. The highest BCUT2D eigenvalue weighted by Crippen LogP contribution is 2.27. The van der Waals surface area contributed by atoms with E-state index in [0.717, 1.165) is 16.5 Å². The van der Waals surface area contributed by atoms with Crippen LogP contribution in [-0.4, -0.2) is 31.7 Å². The van der Waals surface area contributed by atoms with E-state index >= 15 is 0 Å². The van der Waals surface area contributed by atoms with Gasteiger partial charge in [-0.05, 0) is 54.4 Å². The first kappa shape index (κ1) is 22.4. The van der Waals surface area contributed by atoms with Crippen molar-refractivity contribution in [2.75, 3.05) is 19.0 Å². The molecular formula is C21H24BrN3O4. The van der Waals surface area contributed by atoms with Crippen LogP contribution in [0.4, 0.5) is 5.69 Å². The molecule has 0 heterocycles. The lowest BCUT2D eigenvalue weighted by atomic mass is 10.2. The molecule has 0 bridgehead atoms. The van der Waals surface area contributed by atoms with Crippen LogP contribution in [0, 0.1) is 0 Å². The van der Waals surface area contributed by atoms with Crippen LogP contribution >= 0.6 is 15.9 Å². The van der Waals surface area contributed by atoms with Crippen molar-refractivity contribution in [1.82, 2.24) is 5.43 Å². The summed E-state index contributed by atoms with van der Waals surface area (Å²) in [6.07, 6.45) is 2.51. The predicted octanol–water partition coefficient (Wildman–Crippen LogP) is 4.12. The number of nitrogens with one attached hydrogen (secondary N) is 2. The van der Waals surface area contributed by atoms with Crippen LogP contribution in [0.3, 0.4) is 0 Å². The lowest BCUT2D eigenvalue weighted by molar-refractivity contribution is -0.124. The molecule has 2 aromatic rings. The number of hydrogen-bond donors (Lipinski definition) is 2. The second kappa shape index (κ2) is 11.9. The SMILES string of the molecule is CCCOc1ccc(C=NNC(=O)CCC(=O)Nc2ccc(Br)cc2)cc1OC. The highest BCUT2D eigenvalue weighted by molar-refractivity contribution is 9.10. The van der Waals surface area contributed by atoms with E-state index in [2.05, 4.69) is 31.8 Å². The van der Waals surface area contributed by atoms with E-state index < -0.39 is 0 Å². The number of methoxy groups -OCH3 is 1. The largest absolute Gasteiger partial charge is 0.493 e. The van der Waals surface area contributed by atoms with Gasteiger partial charge in [-0.25, -0.2) is 5.43 Å². The van der Waals surface area contributed by atoms with Crippen LogP contribution in [0.15, 0.2) is 52.0 Å². The van der Waals surface area contributed by atoms with Gasteiger partial charge < -0.3 is 14.8 Å². The van der Waals surface area contributed by atoms with Gasteiger partial charge in [-0.1, -0.05) is 22.9 Å². The topological polar surface area (TPSA) is 89.0 Å². The van der Waals surface area contributed by atoms with Gasteiger partial charge >= 0.3 is 0 Å². The molecule has 0 saturated carbocycles. The van der Waals surface area contributed by atoms with Gasteiger partial charge in [0.05, 0.1) is 19.9 Å². The Morgan fingerprint density at radius 2 is 1.79 bits per heavy atom. The molecule has 0 aliphatic carbocycles. The number of ether oxygens (including phenoxy) is 2. The normalized spacial score (nSPS) is 10.6. The van der Waals surface area contributed by atoms with Crippen molar-refractivity contribution in [1.29, 1.82) is 0 Å². The third-order valence-corrected chi connectivity index (χ3v) is 4.29. The maximum Gasteiger partial charge on any atom is 0.240 e. The van der Waals surface area contributed by atoms with Crippen molar-refractivity contribution >= 4 is 39.6 Å². The summed E-state index contributed by atoms with van der Waals surface area (Å²) in [5.41, 5.74) is 3.84. The number of benzene rings is 2. The van der Waals surface area contributed by atoms with Gasteiger partial charge in [0.25, 0.3) is 0 Å². The molecule has 2 amide bonds. The second-order valence-electron chi connectivity index (χ2n) is 6.11. The zero-order chi connectivity index (χ0) is 21.1. The average Bonchev–Trinajstić information content (AvgIpc) is 2.72. The van der Waals surface area contributed by atoms with E-state index in [-0.39, 0.29) is 24.7 Å². The van der Waals surface area contributed by atoms with Gasteiger partial charge in [-0.3, -0.25) is 9.59 Å². The lowest BCUT2D eigenvalue weighted by Gasteiger charge is -2.10. The number of hydrazone groups is 1. The summed E-state index contributed by atoms with van der Waals surface area (Å²) in [4.78, 5) is 23.8. The van der Waals surface area contributed by atoms with Gasteiger partial charge in [0, 0.05) is 23.0 Å². The molecule has 29 heavy (non-hydrogen) atoms. The van der Waals surface area contributed by atoms with Gasteiger partial charge in [0.1, 0.15) is 0 Å². The summed E-state index contributed by atoms with van der Waals surface area (Å²) in [7, 11) is 1.57. The number of carbonyl (C=O) groups is 2. The Hall–Kier alpha value is -2.87. The predicted molar refractivity (Wildman–Crippen MR) is 117 cm³/mol. The standard InChI is InChI=1S/C21H24BrN3O4/c1-3-12-29-18-9-4-15(13-19(18)28-2)14-23-25-21(27)11-10-20(26)24-17-7-5-16(22)6-8-17/h4-9,13-14H,3,10-12H2,1-2H3,(H,24,26)(H,25,27). The Balaban J connectivity index is 1.78. The number of anilines is 1. The van der Waals surface area contributed by atoms with Gasteiger partial charge in [-0.2, -0.15) is 5.10 Å². The molecule has 8 heteroatoms. The van der Waals surface area contributed by atoms with Crippen LogP contribution in [0.1, 0.15) is 31.7 Å². The highest BCUT2D eigenvalue weighted by atomic mass is 79.9. The van der Waals surface area contributed by atoms with Crippen LogP contribution in [-0.2, 0) is 9.59 Å². The zero-order valence-electron chi connectivity index (χ0n) is 16.4. The van der Waals surface area contributed by atoms with Gasteiger partial charge in [0.2, 0.25) is 11.8 Å². The molecule has 0 aliphatic rings. The number of amides is 2. The fourth-order valence-corrected chi connectivity index (χ4v) is 2.58. The minimum Gasteiger partial charge on any atom is -0.493 e. The first-order chi connectivity index (χ1) is 14.0. The lowest BCUT2D eigenvalue weighted by Crippen LogP contribution is -2.20. The molecule has 7 nitrogen and oxygen atoms in total. The van der Waals surface area contributed by atoms with Crippen LogP contribution in [0.2, 0.25) is 0 Å². The molecule has 0 atom stereocenters. The summed E-state index contributed by atoms with van der Waals surface area (Å²) in [5, 5.41) is 6.66. The average molecular weight is 462 g/mol. The van der Waals surface area contributed by atoms with Crippen LogP contribution in [0.25, 0.3) is 0 Å². The number of halogens is 1. The molecule has 0 aromatic heterocycles. The molecule has 2 rings (SSSR count). The van der Waals surface area contributed by atoms with E-state index in [9.17, 15) is 9.59 Å². The van der Waals surface area contributed by atoms with Crippen molar-refractivity contribution < 1.29 is 19.1 Å². The third-order valence-electron chi connectivity index (χ3n) is 3.76.